The first-order valence-corrected chi connectivity index (χ1v) is 9.10. The van der Waals surface area contributed by atoms with Gasteiger partial charge in [0.2, 0.25) is 0 Å². The van der Waals surface area contributed by atoms with Gasteiger partial charge in [0.1, 0.15) is 5.76 Å². The summed E-state index contributed by atoms with van der Waals surface area (Å²) in [5.74, 6) is 0.278. The topological polar surface area (TPSA) is 46.5 Å². The van der Waals surface area contributed by atoms with Crippen molar-refractivity contribution in [3.05, 3.63) is 83.6 Å². The Bertz CT molecular complexity index is 746. The lowest BCUT2D eigenvalue weighted by Crippen LogP contribution is -1.96. The molecule has 0 aliphatic heterocycles. The Morgan fingerprint density at radius 2 is 1.76 bits per heavy atom. The van der Waals surface area contributed by atoms with E-state index in [1.807, 2.05) is 44.2 Å². The molecule has 2 rings (SSSR count). The standard InChI is InChI=1S/C21H22O3S/c1-3-24-19(14-21(22)23)13-16(2)18-9-11-20(12-10-18)25-15-17-7-5-4-6-8-17/h4-14H,3,15H2,1-2H3,(H,22,23)/b16-13+,19-14-. The van der Waals surface area contributed by atoms with Crippen LogP contribution >= 0.6 is 11.8 Å². The van der Waals surface area contributed by atoms with Crippen LogP contribution in [0.4, 0.5) is 0 Å². The lowest BCUT2D eigenvalue weighted by Gasteiger charge is -2.07. The molecule has 25 heavy (non-hydrogen) atoms. The lowest BCUT2D eigenvalue weighted by atomic mass is 10.1. The normalized spacial score (nSPS) is 12.1. The van der Waals surface area contributed by atoms with Crippen LogP contribution in [-0.4, -0.2) is 17.7 Å². The van der Waals surface area contributed by atoms with E-state index in [1.165, 1.54) is 10.5 Å². The molecule has 0 spiro atoms. The van der Waals surface area contributed by atoms with Gasteiger partial charge in [-0.1, -0.05) is 42.5 Å². The maximum atomic E-state index is 10.8. The van der Waals surface area contributed by atoms with E-state index in [2.05, 4.69) is 24.3 Å². The van der Waals surface area contributed by atoms with E-state index in [0.717, 1.165) is 23.0 Å². The highest BCUT2D eigenvalue weighted by Crippen LogP contribution is 2.25. The van der Waals surface area contributed by atoms with Crippen molar-refractivity contribution in [2.45, 2.75) is 24.5 Å². The average molecular weight is 354 g/mol. The maximum Gasteiger partial charge on any atom is 0.332 e. The van der Waals surface area contributed by atoms with Gasteiger partial charge >= 0.3 is 5.97 Å². The van der Waals surface area contributed by atoms with Crippen LogP contribution in [0.2, 0.25) is 0 Å². The zero-order chi connectivity index (χ0) is 18.1. The Hall–Kier alpha value is -2.46. The quantitative estimate of drug-likeness (QED) is 0.299. The van der Waals surface area contributed by atoms with E-state index >= 15 is 0 Å². The second kappa shape index (κ2) is 9.74. The van der Waals surface area contributed by atoms with Crippen molar-refractivity contribution >= 4 is 23.3 Å². The number of benzene rings is 2. The Kier molecular flexibility index (Phi) is 7.36. The molecule has 0 saturated carbocycles. The molecule has 0 saturated heterocycles. The second-order valence-corrected chi connectivity index (χ2v) is 6.49. The Morgan fingerprint density at radius 1 is 1.08 bits per heavy atom. The summed E-state index contributed by atoms with van der Waals surface area (Å²) in [6, 6.07) is 18.6. The third-order valence-corrected chi connectivity index (χ3v) is 4.58. The maximum absolute atomic E-state index is 10.8. The average Bonchev–Trinajstić information content (AvgIpc) is 2.61. The predicted octanol–water partition coefficient (Wildman–Crippen LogP) is 5.39. The van der Waals surface area contributed by atoms with E-state index < -0.39 is 5.97 Å². The zero-order valence-corrected chi connectivity index (χ0v) is 15.3. The molecule has 3 nitrogen and oxygen atoms in total. The number of hydrogen-bond donors (Lipinski definition) is 1. The van der Waals surface area contributed by atoms with Crippen molar-refractivity contribution < 1.29 is 14.6 Å². The molecular formula is C21H22O3S. The van der Waals surface area contributed by atoms with Crippen molar-refractivity contribution in [2.24, 2.45) is 0 Å². The summed E-state index contributed by atoms with van der Waals surface area (Å²) in [5.41, 5.74) is 3.30. The largest absolute Gasteiger partial charge is 0.494 e. The second-order valence-electron chi connectivity index (χ2n) is 5.44. The molecule has 0 radical (unpaired) electrons. The van der Waals surface area contributed by atoms with Gasteiger partial charge in [-0.15, -0.1) is 11.8 Å². The fourth-order valence-electron chi connectivity index (χ4n) is 2.27. The summed E-state index contributed by atoms with van der Waals surface area (Å²) in [7, 11) is 0. The van der Waals surface area contributed by atoms with Crippen LogP contribution in [0.5, 0.6) is 0 Å². The van der Waals surface area contributed by atoms with Crippen molar-refractivity contribution in [1.82, 2.24) is 0 Å². The van der Waals surface area contributed by atoms with Gasteiger partial charge in [-0.3, -0.25) is 0 Å². The summed E-state index contributed by atoms with van der Waals surface area (Å²) in [5, 5.41) is 8.89. The van der Waals surface area contributed by atoms with Crippen LogP contribution in [0.25, 0.3) is 5.57 Å². The van der Waals surface area contributed by atoms with E-state index in [1.54, 1.807) is 17.8 Å². The van der Waals surface area contributed by atoms with Crippen LogP contribution in [0.3, 0.4) is 0 Å². The molecule has 1 N–H and O–H groups in total. The summed E-state index contributed by atoms with van der Waals surface area (Å²) in [4.78, 5) is 12.0. The molecule has 0 atom stereocenters. The van der Waals surface area contributed by atoms with Gasteiger partial charge in [0.25, 0.3) is 0 Å². The molecule has 2 aromatic carbocycles. The number of carbonyl (C=O) groups is 1. The summed E-state index contributed by atoms with van der Waals surface area (Å²) >= 11 is 1.79. The van der Waals surface area contributed by atoms with Gasteiger partial charge < -0.3 is 9.84 Å². The van der Waals surface area contributed by atoms with Crippen LogP contribution < -0.4 is 0 Å². The highest BCUT2D eigenvalue weighted by Gasteiger charge is 2.02. The molecule has 2 aromatic rings. The molecule has 0 amide bonds. The van der Waals surface area contributed by atoms with Gasteiger partial charge in [0.05, 0.1) is 12.7 Å². The van der Waals surface area contributed by atoms with E-state index in [9.17, 15) is 4.79 Å². The van der Waals surface area contributed by atoms with E-state index in [-0.39, 0.29) is 0 Å². The number of aliphatic carboxylic acids is 1. The van der Waals surface area contributed by atoms with Gasteiger partial charge in [-0.25, -0.2) is 4.79 Å². The molecule has 0 fully saturated rings. The fraction of sp³-hybridized carbons (Fsp3) is 0.190. The number of carboxylic acids is 1. The number of thioether (sulfide) groups is 1. The lowest BCUT2D eigenvalue weighted by molar-refractivity contribution is -0.131. The summed E-state index contributed by atoms with van der Waals surface area (Å²) in [6.07, 6.45) is 2.83. The molecule has 130 valence electrons. The van der Waals surface area contributed by atoms with Crippen molar-refractivity contribution in [3.8, 4) is 0 Å². The number of ether oxygens (including phenoxy) is 1. The first-order valence-electron chi connectivity index (χ1n) is 8.11. The van der Waals surface area contributed by atoms with E-state index in [4.69, 9.17) is 9.84 Å². The molecule has 0 aromatic heterocycles. The van der Waals surface area contributed by atoms with E-state index in [0.29, 0.717) is 12.4 Å². The van der Waals surface area contributed by atoms with Crippen molar-refractivity contribution in [3.63, 3.8) is 0 Å². The van der Waals surface area contributed by atoms with Gasteiger partial charge in [-0.2, -0.15) is 0 Å². The Balaban J connectivity index is 2.05. The minimum atomic E-state index is -1.01. The summed E-state index contributed by atoms with van der Waals surface area (Å²) < 4.78 is 5.36. The fourth-order valence-corrected chi connectivity index (χ4v) is 3.12. The number of hydrogen-bond acceptors (Lipinski definition) is 3. The van der Waals surface area contributed by atoms with Crippen LogP contribution in [0, 0.1) is 0 Å². The van der Waals surface area contributed by atoms with Gasteiger partial charge in [0, 0.05) is 10.6 Å². The van der Waals surface area contributed by atoms with Crippen LogP contribution in [-0.2, 0) is 15.3 Å². The van der Waals surface area contributed by atoms with Crippen molar-refractivity contribution in [1.29, 1.82) is 0 Å². The third-order valence-electron chi connectivity index (χ3n) is 3.49. The minimum absolute atomic E-state index is 0.357. The number of rotatable bonds is 8. The Morgan fingerprint density at radius 3 is 2.36 bits per heavy atom. The molecule has 0 aliphatic carbocycles. The molecule has 4 heteroatoms. The Labute approximate surface area is 153 Å². The summed E-state index contributed by atoms with van der Waals surface area (Å²) in [6.45, 7) is 4.20. The highest BCUT2D eigenvalue weighted by atomic mass is 32.2. The minimum Gasteiger partial charge on any atom is -0.494 e. The highest BCUT2D eigenvalue weighted by molar-refractivity contribution is 7.98. The number of allylic oxidation sites excluding steroid dienone is 2. The monoisotopic (exact) mass is 354 g/mol. The first-order chi connectivity index (χ1) is 12.1. The van der Waals surface area contributed by atoms with Crippen LogP contribution in [0.15, 0.2) is 77.4 Å². The molecule has 0 unspecified atom stereocenters. The molecular weight excluding hydrogens is 332 g/mol. The zero-order valence-electron chi connectivity index (χ0n) is 14.4. The molecule has 0 bridgehead atoms. The third kappa shape index (κ3) is 6.51. The smallest absolute Gasteiger partial charge is 0.332 e. The number of carboxylic acid groups (broad SMARTS) is 1. The SMILES string of the molecule is CCOC(=C\C(=O)O)/C=C(\C)c1ccc(SCc2ccccc2)cc1. The molecule has 0 heterocycles. The molecule has 0 aliphatic rings. The van der Waals surface area contributed by atoms with Crippen molar-refractivity contribution in [2.75, 3.05) is 6.61 Å². The van der Waals surface area contributed by atoms with Gasteiger partial charge in [0.15, 0.2) is 0 Å². The van der Waals surface area contributed by atoms with Crippen LogP contribution in [0.1, 0.15) is 25.0 Å². The van der Waals surface area contributed by atoms with Gasteiger partial charge in [-0.05, 0) is 48.8 Å². The first kappa shape index (κ1) is 18.9. The predicted molar refractivity (Wildman–Crippen MR) is 103 cm³/mol.